The summed E-state index contributed by atoms with van der Waals surface area (Å²) in [6.45, 7) is 5.55. The molecule has 2 rings (SSSR count). The molecule has 1 aromatic rings. The van der Waals surface area contributed by atoms with Crippen molar-refractivity contribution in [1.82, 2.24) is 0 Å². The maximum Gasteiger partial charge on any atom is 0.230 e. The van der Waals surface area contributed by atoms with Crippen molar-refractivity contribution in [2.45, 2.75) is 26.2 Å². The molecular formula is C17H27N2O3+. The Balaban J connectivity index is 1.86. The number of rotatable bonds is 6. The maximum absolute atomic E-state index is 12.1. The highest BCUT2D eigenvalue weighted by molar-refractivity contribution is 5.92. The van der Waals surface area contributed by atoms with Crippen molar-refractivity contribution in [3.05, 3.63) is 18.2 Å². The van der Waals surface area contributed by atoms with Gasteiger partial charge in [-0.1, -0.05) is 6.92 Å². The molecule has 2 atom stereocenters. The maximum atomic E-state index is 12.1. The van der Waals surface area contributed by atoms with Crippen molar-refractivity contribution in [1.29, 1.82) is 0 Å². The number of likely N-dealkylation sites (tertiary alicyclic amines) is 1. The molecule has 1 aromatic carbocycles. The topological polar surface area (TPSA) is 52.0 Å². The molecule has 0 spiro atoms. The number of hydrogen-bond acceptors (Lipinski definition) is 3. The van der Waals surface area contributed by atoms with Crippen LogP contribution in [0.3, 0.4) is 0 Å². The summed E-state index contributed by atoms with van der Waals surface area (Å²) in [6, 6.07) is 5.40. The Morgan fingerprint density at radius 1 is 1.36 bits per heavy atom. The molecule has 1 aliphatic rings. The molecule has 1 aliphatic heterocycles. The molecule has 5 heteroatoms. The second-order valence-corrected chi connectivity index (χ2v) is 6.07. The molecule has 122 valence electrons. The fourth-order valence-electron chi connectivity index (χ4n) is 3.03. The Labute approximate surface area is 132 Å². The SMILES string of the molecule is COc1ccc(NC(=O)CC[NH+]2CCC[C@H](C)C2)c(OC)c1. The van der Waals surface area contributed by atoms with Crippen molar-refractivity contribution in [2.75, 3.05) is 39.2 Å². The molecule has 1 amide bonds. The average Bonchev–Trinajstić information content (AvgIpc) is 2.53. The van der Waals surface area contributed by atoms with Gasteiger partial charge >= 0.3 is 0 Å². The second kappa shape index (κ2) is 8.03. The number of methoxy groups -OCH3 is 2. The number of nitrogens with one attached hydrogen (secondary N) is 2. The van der Waals surface area contributed by atoms with Crippen molar-refractivity contribution >= 4 is 11.6 Å². The van der Waals surface area contributed by atoms with Crippen LogP contribution in [0.5, 0.6) is 11.5 Å². The Hall–Kier alpha value is -1.75. The normalized spacial score (nSPS) is 21.2. The molecule has 0 aromatic heterocycles. The lowest BCUT2D eigenvalue weighted by atomic mass is 10.0. The van der Waals surface area contributed by atoms with E-state index in [-0.39, 0.29) is 5.91 Å². The van der Waals surface area contributed by atoms with E-state index in [0.29, 0.717) is 23.6 Å². The molecule has 1 saturated heterocycles. The highest BCUT2D eigenvalue weighted by Gasteiger charge is 2.20. The van der Waals surface area contributed by atoms with Crippen LogP contribution in [-0.4, -0.2) is 39.8 Å². The fraction of sp³-hybridized carbons (Fsp3) is 0.588. The lowest BCUT2D eigenvalue weighted by Crippen LogP contribution is -3.13. The number of piperidine rings is 1. The van der Waals surface area contributed by atoms with E-state index in [4.69, 9.17) is 9.47 Å². The summed E-state index contributed by atoms with van der Waals surface area (Å²) in [6.07, 6.45) is 3.13. The van der Waals surface area contributed by atoms with Gasteiger partial charge in [0.05, 0.1) is 46.0 Å². The van der Waals surface area contributed by atoms with Crippen LogP contribution >= 0.6 is 0 Å². The molecule has 1 heterocycles. The number of amides is 1. The van der Waals surface area contributed by atoms with Crippen LogP contribution < -0.4 is 19.7 Å². The summed E-state index contributed by atoms with van der Waals surface area (Å²) in [5.41, 5.74) is 0.690. The van der Waals surface area contributed by atoms with Gasteiger partial charge in [0.1, 0.15) is 11.5 Å². The summed E-state index contributed by atoms with van der Waals surface area (Å²) in [5.74, 6) is 2.14. The summed E-state index contributed by atoms with van der Waals surface area (Å²) in [7, 11) is 3.19. The van der Waals surface area contributed by atoms with Crippen LogP contribution in [0, 0.1) is 5.92 Å². The molecule has 0 saturated carbocycles. The zero-order chi connectivity index (χ0) is 15.9. The molecule has 0 radical (unpaired) electrons. The number of benzene rings is 1. The molecule has 0 aliphatic carbocycles. The zero-order valence-corrected chi connectivity index (χ0v) is 13.8. The van der Waals surface area contributed by atoms with Crippen LogP contribution in [-0.2, 0) is 4.79 Å². The van der Waals surface area contributed by atoms with Crippen LogP contribution in [0.2, 0.25) is 0 Å². The monoisotopic (exact) mass is 307 g/mol. The molecule has 22 heavy (non-hydrogen) atoms. The smallest absolute Gasteiger partial charge is 0.230 e. The molecule has 0 bridgehead atoms. The second-order valence-electron chi connectivity index (χ2n) is 6.07. The van der Waals surface area contributed by atoms with Gasteiger partial charge in [-0.15, -0.1) is 0 Å². The van der Waals surface area contributed by atoms with Gasteiger partial charge in [0.2, 0.25) is 5.91 Å². The molecular weight excluding hydrogens is 280 g/mol. The van der Waals surface area contributed by atoms with Gasteiger partial charge < -0.3 is 19.7 Å². The largest absolute Gasteiger partial charge is 0.497 e. The zero-order valence-electron chi connectivity index (χ0n) is 13.8. The highest BCUT2D eigenvalue weighted by atomic mass is 16.5. The van der Waals surface area contributed by atoms with Crippen LogP contribution in [0.25, 0.3) is 0 Å². The Bertz CT molecular complexity index is 505. The molecule has 5 nitrogen and oxygen atoms in total. The van der Waals surface area contributed by atoms with E-state index >= 15 is 0 Å². The van der Waals surface area contributed by atoms with Crippen LogP contribution in [0.15, 0.2) is 18.2 Å². The number of hydrogen-bond donors (Lipinski definition) is 2. The standard InChI is InChI=1S/C17H26N2O3/c1-13-5-4-9-19(12-13)10-8-17(20)18-15-7-6-14(21-2)11-16(15)22-3/h6-7,11,13H,4-5,8-10,12H2,1-3H3,(H,18,20)/p+1/t13-/m0/s1. The lowest BCUT2D eigenvalue weighted by Gasteiger charge is -2.27. The number of carbonyl (C=O) groups excluding carboxylic acids is 1. The van der Waals surface area contributed by atoms with Crippen LogP contribution in [0.1, 0.15) is 26.2 Å². The predicted octanol–water partition coefficient (Wildman–Crippen LogP) is 1.35. The number of carbonyl (C=O) groups is 1. The Kier molecular flexibility index (Phi) is 6.07. The van der Waals surface area contributed by atoms with Gasteiger partial charge in [0.25, 0.3) is 0 Å². The van der Waals surface area contributed by atoms with E-state index in [1.807, 2.05) is 12.1 Å². The minimum Gasteiger partial charge on any atom is -0.497 e. The van der Waals surface area contributed by atoms with Crippen LogP contribution in [0.4, 0.5) is 5.69 Å². The number of quaternary nitrogens is 1. The minimum absolute atomic E-state index is 0.0363. The van der Waals surface area contributed by atoms with Crippen molar-refractivity contribution in [2.24, 2.45) is 5.92 Å². The summed E-state index contributed by atoms with van der Waals surface area (Å²) in [4.78, 5) is 13.7. The van der Waals surface area contributed by atoms with Gasteiger partial charge in [-0.05, 0) is 25.0 Å². The first-order chi connectivity index (χ1) is 10.6. The van der Waals surface area contributed by atoms with Crippen molar-refractivity contribution in [3.8, 4) is 11.5 Å². The average molecular weight is 307 g/mol. The van der Waals surface area contributed by atoms with Gasteiger partial charge in [-0.25, -0.2) is 0 Å². The van der Waals surface area contributed by atoms with Gasteiger partial charge in [-0.3, -0.25) is 4.79 Å². The fourth-order valence-corrected chi connectivity index (χ4v) is 3.03. The van der Waals surface area contributed by atoms with E-state index in [1.54, 1.807) is 20.3 Å². The van der Waals surface area contributed by atoms with E-state index in [2.05, 4.69) is 12.2 Å². The van der Waals surface area contributed by atoms with Gasteiger partial charge in [-0.2, -0.15) is 0 Å². The van der Waals surface area contributed by atoms with E-state index in [1.165, 1.54) is 30.8 Å². The van der Waals surface area contributed by atoms with E-state index in [0.717, 1.165) is 12.5 Å². The summed E-state index contributed by atoms with van der Waals surface area (Å²) >= 11 is 0. The first-order valence-electron chi connectivity index (χ1n) is 7.97. The quantitative estimate of drug-likeness (QED) is 0.834. The third kappa shape index (κ3) is 4.63. The minimum atomic E-state index is 0.0363. The highest BCUT2D eigenvalue weighted by Crippen LogP contribution is 2.28. The third-order valence-corrected chi connectivity index (χ3v) is 4.25. The lowest BCUT2D eigenvalue weighted by molar-refractivity contribution is -0.907. The van der Waals surface area contributed by atoms with Crippen molar-refractivity contribution in [3.63, 3.8) is 0 Å². The molecule has 2 N–H and O–H groups in total. The van der Waals surface area contributed by atoms with Crippen molar-refractivity contribution < 1.29 is 19.2 Å². The third-order valence-electron chi connectivity index (χ3n) is 4.25. The van der Waals surface area contributed by atoms with E-state index < -0.39 is 0 Å². The van der Waals surface area contributed by atoms with Gasteiger partial charge in [0, 0.05) is 12.0 Å². The molecule has 1 unspecified atom stereocenters. The summed E-state index contributed by atoms with van der Waals surface area (Å²) in [5, 5.41) is 2.93. The number of ether oxygens (including phenoxy) is 2. The molecule has 1 fully saturated rings. The van der Waals surface area contributed by atoms with Gasteiger partial charge in [0.15, 0.2) is 0 Å². The number of anilines is 1. The Morgan fingerprint density at radius 2 is 2.18 bits per heavy atom. The first-order valence-corrected chi connectivity index (χ1v) is 7.97. The predicted molar refractivity (Wildman–Crippen MR) is 86.8 cm³/mol. The van der Waals surface area contributed by atoms with E-state index in [9.17, 15) is 4.79 Å². The summed E-state index contributed by atoms with van der Waals surface area (Å²) < 4.78 is 10.5. The first kappa shape index (κ1) is 16.6. The Morgan fingerprint density at radius 3 is 2.86 bits per heavy atom.